The van der Waals surface area contributed by atoms with E-state index in [2.05, 4.69) is 71.1 Å². The number of nitrogens with one attached hydrogen (secondary N) is 1. The van der Waals surface area contributed by atoms with Gasteiger partial charge in [0.2, 0.25) is 0 Å². The van der Waals surface area contributed by atoms with Crippen LogP contribution >= 0.6 is 11.3 Å². The zero-order chi connectivity index (χ0) is 14.5. The van der Waals surface area contributed by atoms with Crippen LogP contribution in [-0.4, -0.2) is 4.98 Å². The molecule has 1 atom stereocenters. The van der Waals surface area contributed by atoms with Gasteiger partial charge in [0.05, 0.1) is 0 Å². The summed E-state index contributed by atoms with van der Waals surface area (Å²) in [4.78, 5) is 5.41. The minimum atomic E-state index is 0.329. The molecule has 2 aromatic heterocycles. The number of hydrogen-bond acceptors (Lipinski definition) is 3. The summed E-state index contributed by atoms with van der Waals surface area (Å²) in [6, 6.07) is 17.2. The quantitative estimate of drug-likeness (QED) is 0.740. The maximum atomic E-state index is 4.06. The van der Waals surface area contributed by atoms with E-state index in [0.717, 1.165) is 6.54 Å². The fourth-order valence-electron chi connectivity index (χ4n) is 2.28. The van der Waals surface area contributed by atoms with Crippen LogP contribution in [0.25, 0.3) is 11.1 Å². The average Bonchev–Trinajstić information content (AvgIpc) is 3.03. The van der Waals surface area contributed by atoms with Crippen LogP contribution in [0.4, 0.5) is 0 Å². The summed E-state index contributed by atoms with van der Waals surface area (Å²) in [7, 11) is 0. The van der Waals surface area contributed by atoms with Crippen molar-refractivity contribution in [2.45, 2.75) is 19.5 Å². The van der Waals surface area contributed by atoms with Crippen molar-refractivity contribution in [1.29, 1.82) is 0 Å². The SMILES string of the molecule is CC(NCc1cc(-c2ccccc2)cs1)c1ccncc1. The smallest absolute Gasteiger partial charge is 0.0305 e. The van der Waals surface area contributed by atoms with Gasteiger partial charge in [-0.3, -0.25) is 4.98 Å². The number of hydrogen-bond donors (Lipinski definition) is 1. The highest BCUT2D eigenvalue weighted by Gasteiger charge is 2.06. The van der Waals surface area contributed by atoms with Crippen molar-refractivity contribution in [2.75, 3.05) is 0 Å². The molecule has 0 fully saturated rings. The van der Waals surface area contributed by atoms with E-state index in [1.165, 1.54) is 21.6 Å². The third kappa shape index (κ3) is 3.57. The van der Waals surface area contributed by atoms with Gasteiger partial charge in [-0.2, -0.15) is 0 Å². The summed E-state index contributed by atoms with van der Waals surface area (Å²) >= 11 is 1.81. The molecular formula is C18H18N2S. The van der Waals surface area contributed by atoms with Gasteiger partial charge in [0, 0.05) is 29.9 Å². The van der Waals surface area contributed by atoms with Crippen molar-refractivity contribution in [2.24, 2.45) is 0 Å². The normalized spacial score (nSPS) is 12.2. The topological polar surface area (TPSA) is 24.9 Å². The molecule has 0 spiro atoms. The molecule has 1 unspecified atom stereocenters. The van der Waals surface area contributed by atoms with E-state index in [9.17, 15) is 0 Å². The monoisotopic (exact) mass is 294 g/mol. The van der Waals surface area contributed by atoms with Gasteiger partial charge in [0.15, 0.2) is 0 Å². The molecule has 1 N–H and O–H groups in total. The highest BCUT2D eigenvalue weighted by molar-refractivity contribution is 7.10. The van der Waals surface area contributed by atoms with Crippen molar-refractivity contribution in [3.8, 4) is 11.1 Å². The molecule has 2 heterocycles. The van der Waals surface area contributed by atoms with Crippen molar-refractivity contribution >= 4 is 11.3 Å². The number of thiophene rings is 1. The molecule has 2 nitrogen and oxygen atoms in total. The van der Waals surface area contributed by atoms with Crippen LogP contribution < -0.4 is 5.32 Å². The maximum absolute atomic E-state index is 4.06. The zero-order valence-electron chi connectivity index (χ0n) is 12.0. The second kappa shape index (κ2) is 6.66. The van der Waals surface area contributed by atoms with Crippen LogP contribution in [0.15, 0.2) is 66.3 Å². The number of aromatic nitrogens is 1. The third-order valence-corrected chi connectivity index (χ3v) is 4.49. The molecular weight excluding hydrogens is 276 g/mol. The molecule has 106 valence electrons. The van der Waals surface area contributed by atoms with E-state index < -0.39 is 0 Å². The van der Waals surface area contributed by atoms with Crippen LogP contribution in [0.2, 0.25) is 0 Å². The molecule has 0 aliphatic carbocycles. The molecule has 0 bridgehead atoms. The molecule has 3 aromatic rings. The molecule has 0 saturated heterocycles. The highest BCUT2D eigenvalue weighted by Crippen LogP contribution is 2.25. The minimum Gasteiger partial charge on any atom is -0.305 e. The van der Waals surface area contributed by atoms with E-state index in [0.29, 0.717) is 6.04 Å². The first-order valence-corrected chi connectivity index (χ1v) is 7.97. The lowest BCUT2D eigenvalue weighted by atomic mass is 10.1. The highest BCUT2D eigenvalue weighted by atomic mass is 32.1. The molecule has 0 saturated carbocycles. The van der Waals surface area contributed by atoms with Crippen LogP contribution in [-0.2, 0) is 6.54 Å². The Morgan fingerprint density at radius 3 is 2.57 bits per heavy atom. The Kier molecular flexibility index (Phi) is 4.43. The first kappa shape index (κ1) is 14.0. The second-order valence-electron chi connectivity index (χ2n) is 5.05. The number of rotatable bonds is 5. The Labute approximate surface area is 129 Å². The summed E-state index contributed by atoms with van der Waals surface area (Å²) < 4.78 is 0. The van der Waals surface area contributed by atoms with E-state index >= 15 is 0 Å². The Morgan fingerprint density at radius 2 is 1.81 bits per heavy atom. The van der Waals surface area contributed by atoms with Crippen molar-refractivity contribution in [1.82, 2.24) is 10.3 Å². The minimum absolute atomic E-state index is 0.329. The van der Waals surface area contributed by atoms with Crippen LogP contribution in [0.1, 0.15) is 23.4 Å². The maximum Gasteiger partial charge on any atom is 0.0305 e. The zero-order valence-corrected chi connectivity index (χ0v) is 12.8. The molecule has 1 aromatic carbocycles. The molecule has 0 radical (unpaired) electrons. The van der Waals surface area contributed by atoms with Crippen molar-refractivity contribution < 1.29 is 0 Å². The summed E-state index contributed by atoms with van der Waals surface area (Å²) in [5, 5.41) is 5.79. The molecule has 21 heavy (non-hydrogen) atoms. The van der Waals surface area contributed by atoms with Gasteiger partial charge in [0.1, 0.15) is 0 Å². The molecule has 3 heteroatoms. The fraction of sp³-hybridized carbons (Fsp3) is 0.167. The van der Waals surface area contributed by atoms with Gasteiger partial charge < -0.3 is 5.32 Å². The standard InChI is InChI=1S/C18H18N2S/c1-14(15-7-9-19-10-8-15)20-12-18-11-17(13-21-18)16-5-3-2-4-6-16/h2-11,13-14,20H,12H2,1H3. The second-order valence-corrected chi connectivity index (χ2v) is 6.05. The Balaban J connectivity index is 1.63. The average molecular weight is 294 g/mol. The van der Waals surface area contributed by atoms with E-state index in [1.807, 2.05) is 12.4 Å². The first-order chi connectivity index (χ1) is 10.3. The van der Waals surface area contributed by atoms with Crippen LogP contribution in [0, 0.1) is 0 Å². The summed E-state index contributed by atoms with van der Waals surface area (Å²) in [5.41, 5.74) is 3.85. The van der Waals surface area contributed by atoms with Gasteiger partial charge >= 0.3 is 0 Å². The van der Waals surface area contributed by atoms with E-state index in [4.69, 9.17) is 0 Å². The summed E-state index contributed by atoms with van der Waals surface area (Å²) in [5.74, 6) is 0. The lowest BCUT2D eigenvalue weighted by molar-refractivity contribution is 0.578. The largest absolute Gasteiger partial charge is 0.305 e. The van der Waals surface area contributed by atoms with Gasteiger partial charge in [-0.15, -0.1) is 11.3 Å². The van der Waals surface area contributed by atoms with Gasteiger partial charge in [0.25, 0.3) is 0 Å². The van der Waals surface area contributed by atoms with E-state index in [1.54, 1.807) is 11.3 Å². The Morgan fingerprint density at radius 1 is 1.05 bits per heavy atom. The van der Waals surface area contributed by atoms with Crippen molar-refractivity contribution in [3.63, 3.8) is 0 Å². The molecule has 0 aliphatic rings. The predicted octanol–water partition coefficient (Wildman–Crippen LogP) is 4.66. The lowest BCUT2D eigenvalue weighted by Gasteiger charge is -2.12. The molecule has 3 rings (SSSR count). The Bertz CT molecular complexity index is 677. The van der Waals surface area contributed by atoms with Gasteiger partial charge in [-0.25, -0.2) is 0 Å². The third-order valence-electron chi connectivity index (χ3n) is 3.55. The number of benzene rings is 1. The molecule has 0 aliphatic heterocycles. The summed E-state index contributed by atoms with van der Waals surface area (Å²) in [6.07, 6.45) is 3.68. The number of pyridine rings is 1. The van der Waals surface area contributed by atoms with Crippen LogP contribution in [0.3, 0.4) is 0 Å². The summed E-state index contributed by atoms with van der Waals surface area (Å²) in [6.45, 7) is 3.07. The van der Waals surface area contributed by atoms with Gasteiger partial charge in [-0.05, 0) is 47.2 Å². The van der Waals surface area contributed by atoms with E-state index in [-0.39, 0.29) is 0 Å². The molecule has 0 amide bonds. The predicted molar refractivity (Wildman–Crippen MR) is 89.2 cm³/mol. The number of nitrogens with zero attached hydrogens (tertiary/aromatic N) is 1. The Hall–Kier alpha value is -1.97. The van der Waals surface area contributed by atoms with Crippen molar-refractivity contribution in [3.05, 3.63) is 76.7 Å². The van der Waals surface area contributed by atoms with Gasteiger partial charge in [-0.1, -0.05) is 30.3 Å². The fourth-order valence-corrected chi connectivity index (χ4v) is 3.12. The lowest BCUT2D eigenvalue weighted by Crippen LogP contribution is -2.17. The van der Waals surface area contributed by atoms with Crippen LogP contribution in [0.5, 0.6) is 0 Å². The first-order valence-electron chi connectivity index (χ1n) is 7.09.